The molecule has 4 rings (SSSR count). The Morgan fingerprint density at radius 1 is 0.966 bits per heavy atom. The van der Waals surface area contributed by atoms with Crippen LogP contribution in [0.3, 0.4) is 0 Å². The Morgan fingerprint density at radius 3 is 2.34 bits per heavy atom. The molecule has 0 amide bonds. The van der Waals surface area contributed by atoms with Gasteiger partial charge in [0, 0.05) is 11.8 Å². The lowest BCUT2D eigenvalue weighted by atomic mass is 9.98. The van der Waals surface area contributed by atoms with Gasteiger partial charge in [-0.05, 0) is 54.4 Å². The van der Waals surface area contributed by atoms with Gasteiger partial charge in [-0.2, -0.15) is 5.10 Å². The van der Waals surface area contributed by atoms with Gasteiger partial charge in [-0.1, -0.05) is 6.07 Å². The summed E-state index contributed by atoms with van der Waals surface area (Å²) in [7, 11) is 4.96. The molecule has 0 radical (unpaired) electrons. The first kappa shape index (κ1) is 19.3. The van der Waals surface area contributed by atoms with E-state index in [2.05, 4.69) is 11.1 Å². The SMILES string of the molecule is COc1ccc(C2=NN(c3nc(C)cs3)[C@@H](c3ccc(OC)c(OC)c3)C2)cc1. The molecule has 1 atom stereocenters. The van der Waals surface area contributed by atoms with Crippen LogP contribution >= 0.6 is 11.3 Å². The van der Waals surface area contributed by atoms with Crippen molar-refractivity contribution in [2.24, 2.45) is 5.10 Å². The monoisotopic (exact) mass is 409 g/mol. The molecule has 0 spiro atoms. The van der Waals surface area contributed by atoms with E-state index in [9.17, 15) is 0 Å². The summed E-state index contributed by atoms with van der Waals surface area (Å²) < 4.78 is 16.2. The normalized spacial score (nSPS) is 15.9. The lowest BCUT2D eigenvalue weighted by Crippen LogP contribution is -2.18. The number of anilines is 1. The molecule has 0 unspecified atom stereocenters. The Kier molecular flexibility index (Phi) is 5.40. The van der Waals surface area contributed by atoms with Gasteiger partial charge in [-0.25, -0.2) is 9.99 Å². The van der Waals surface area contributed by atoms with Crippen LogP contribution in [0.1, 0.15) is 29.3 Å². The maximum atomic E-state index is 5.51. The van der Waals surface area contributed by atoms with Gasteiger partial charge in [0.05, 0.1) is 38.8 Å². The lowest BCUT2D eigenvalue weighted by Gasteiger charge is -2.22. The highest BCUT2D eigenvalue weighted by Crippen LogP contribution is 2.40. The summed E-state index contributed by atoms with van der Waals surface area (Å²) in [5.41, 5.74) is 4.18. The van der Waals surface area contributed by atoms with Crippen LogP contribution in [0.15, 0.2) is 52.9 Å². The standard InChI is InChI=1S/C22H23N3O3S/c1-14-13-29-22(23-14)25-19(16-7-10-20(27-3)21(11-16)28-4)12-18(24-25)15-5-8-17(26-2)9-6-15/h5-11,13,19H,12H2,1-4H3/t19-/m1/s1. The number of methoxy groups -OCH3 is 3. The van der Waals surface area contributed by atoms with Crippen molar-refractivity contribution in [2.45, 2.75) is 19.4 Å². The average Bonchev–Trinajstić information content (AvgIpc) is 3.39. The minimum Gasteiger partial charge on any atom is -0.497 e. The van der Waals surface area contributed by atoms with Crippen molar-refractivity contribution < 1.29 is 14.2 Å². The summed E-state index contributed by atoms with van der Waals surface area (Å²) >= 11 is 1.60. The van der Waals surface area contributed by atoms with E-state index in [0.717, 1.165) is 39.8 Å². The Balaban J connectivity index is 1.72. The molecule has 0 N–H and O–H groups in total. The molecule has 7 heteroatoms. The molecule has 0 fully saturated rings. The maximum absolute atomic E-state index is 5.51. The third-order valence-corrected chi connectivity index (χ3v) is 5.88. The Bertz CT molecular complexity index is 1030. The van der Waals surface area contributed by atoms with Gasteiger partial charge in [0.1, 0.15) is 5.75 Å². The van der Waals surface area contributed by atoms with Crippen molar-refractivity contribution in [2.75, 3.05) is 26.3 Å². The quantitative estimate of drug-likeness (QED) is 0.583. The van der Waals surface area contributed by atoms with Gasteiger partial charge in [0.15, 0.2) is 11.5 Å². The summed E-state index contributed by atoms with van der Waals surface area (Å²) in [6, 6.07) is 14.0. The van der Waals surface area contributed by atoms with Crippen molar-refractivity contribution in [1.29, 1.82) is 0 Å². The number of aromatic nitrogens is 1. The number of nitrogens with zero attached hydrogens (tertiary/aromatic N) is 3. The predicted molar refractivity (Wildman–Crippen MR) is 116 cm³/mol. The Labute approximate surface area is 174 Å². The molecule has 6 nitrogen and oxygen atoms in total. The largest absolute Gasteiger partial charge is 0.497 e. The van der Waals surface area contributed by atoms with Crippen LogP contribution in [-0.4, -0.2) is 32.0 Å². The Hall–Kier alpha value is -3.06. The zero-order valence-electron chi connectivity index (χ0n) is 16.9. The van der Waals surface area contributed by atoms with Gasteiger partial charge in [0.25, 0.3) is 0 Å². The highest BCUT2D eigenvalue weighted by molar-refractivity contribution is 7.13. The molecule has 2 aromatic carbocycles. The first-order valence-electron chi connectivity index (χ1n) is 9.28. The predicted octanol–water partition coefficient (Wildman–Crippen LogP) is 4.83. The summed E-state index contributed by atoms with van der Waals surface area (Å²) in [6.45, 7) is 2.00. The molecule has 0 saturated heterocycles. The fourth-order valence-corrected chi connectivity index (χ4v) is 4.21. The van der Waals surface area contributed by atoms with Gasteiger partial charge >= 0.3 is 0 Å². The van der Waals surface area contributed by atoms with Crippen molar-refractivity contribution >= 4 is 22.2 Å². The van der Waals surface area contributed by atoms with Crippen molar-refractivity contribution in [3.63, 3.8) is 0 Å². The van der Waals surface area contributed by atoms with Gasteiger partial charge in [0.2, 0.25) is 5.13 Å². The molecule has 3 aromatic rings. The maximum Gasteiger partial charge on any atom is 0.206 e. The van der Waals surface area contributed by atoms with Crippen molar-refractivity contribution in [3.8, 4) is 17.2 Å². The molecule has 2 heterocycles. The number of thiazole rings is 1. The number of aryl methyl sites for hydroxylation is 1. The molecule has 1 aliphatic rings. The molecular formula is C22H23N3O3S. The molecule has 1 aromatic heterocycles. The smallest absolute Gasteiger partial charge is 0.206 e. The summed E-state index contributed by atoms with van der Waals surface area (Å²) in [4.78, 5) is 4.66. The zero-order valence-corrected chi connectivity index (χ0v) is 17.7. The second kappa shape index (κ2) is 8.13. The van der Waals surface area contributed by atoms with E-state index in [0.29, 0.717) is 11.5 Å². The fourth-order valence-electron chi connectivity index (χ4n) is 3.41. The zero-order chi connectivity index (χ0) is 20.4. The van der Waals surface area contributed by atoms with Crippen LogP contribution in [0.25, 0.3) is 0 Å². The van der Waals surface area contributed by atoms with E-state index in [1.54, 1.807) is 32.7 Å². The average molecular weight is 410 g/mol. The third-order valence-electron chi connectivity index (χ3n) is 4.93. The number of hydrogen-bond acceptors (Lipinski definition) is 7. The van der Waals surface area contributed by atoms with E-state index in [1.807, 2.05) is 53.7 Å². The van der Waals surface area contributed by atoms with Crippen LogP contribution < -0.4 is 19.2 Å². The van der Waals surface area contributed by atoms with E-state index in [1.165, 1.54) is 0 Å². The van der Waals surface area contributed by atoms with E-state index < -0.39 is 0 Å². The molecule has 0 aliphatic carbocycles. The van der Waals surface area contributed by atoms with Crippen LogP contribution in [-0.2, 0) is 0 Å². The molecule has 1 aliphatic heterocycles. The molecule has 0 bridgehead atoms. The topological polar surface area (TPSA) is 56.2 Å². The van der Waals surface area contributed by atoms with Gasteiger partial charge in [-0.3, -0.25) is 0 Å². The van der Waals surface area contributed by atoms with Crippen molar-refractivity contribution in [3.05, 3.63) is 64.7 Å². The number of benzene rings is 2. The fraction of sp³-hybridized carbons (Fsp3) is 0.273. The number of ether oxygens (including phenoxy) is 3. The van der Waals surface area contributed by atoms with Crippen LogP contribution in [0, 0.1) is 6.92 Å². The van der Waals surface area contributed by atoms with Crippen molar-refractivity contribution in [1.82, 2.24) is 4.98 Å². The Morgan fingerprint density at radius 2 is 1.72 bits per heavy atom. The van der Waals surface area contributed by atoms with E-state index in [4.69, 9.17) is 19.3 Å². The van der Waals surface area contributed by atoms with Crippen LogP contribution in [0.4, 0.5) is 5.13 Å². The highest BCUT2D eigenvalue weighted by atomic mass is 32.1. The van der Waals surface area contributed by atoms with Gasteiger partial charge < -0.3 is 14.2 Å². The van der Waals surface area contributed by atoms with E-state index in [-0.39, 0.29) is 6.04 Å². The first-order valence-corrected chi connectivity index (χ1v) is 10.2. The summed E-state index contributed by atoms with van der Waals surface area (Å²) in [6.07, 6.45) is 0.764. The second-order valence-corrected chi connectivity index (χ2v) is 7.56. The minimum absolute atomic E-state index is 0.0254. The number of hydrogen-bond donors (Lipinski definition) is 0. The van der Waals surface area contributed by atoms with E-state index >= 15 is 0 Å². The molecule has 0 saturated carbocycles. The summed E-state index contributed by atoms with van der Waals surface area (Å²) in [5.74, 6) is 2.25. The molecular weight excluding hydrogens is 386 g/mol. The highest BCUT2D eigenvalue weighted by Gasteiger charge is 2.32. The summed E-state index contributed by atoms with van der Waals surface area (Å²) in [5, 5.41) is 9.87. The molecule has 150 valence electrons. The first-order chi connectivity index (χ1) is 14.1. The second-order valence-electron chi connectivity index (χ2n) is 6.73. The number of rotatable bonds is 6. The van der Waals surface area contributed by atoms with Crippen LogP contribution in [0.5, 0.6) is 17.2 Å². The van der Waals surface area contributed by atoms with Crippen LogP contribution in [0.2, 0.25) is 0 Å². The molecule has 29 heavy (non-hydrogen) atoms. The lowest BCUT2D eigenvalue weighted by molar-refractivity contribution is 0.354. The minimum atomic E-state index is 0.0254. The third kappa shape index (κ3) is 3.78. The number of hydrazone groups is 1. The van der Waals surface area contributed by atoms with Gasteiger partial charge in [-0.15, -0.1) is 11.3 Å².